The van der Waals surface area contributed by atoms with Crippen molar-refractivity contribution < 1.29 is 26.7 Å². The average Bonchev–Trinajstić information content (AvgIpc) is 2.50. The average molecular weight is 342 g/mol. The van der Waals surface area contributed by atoms with E-state index >= 15 is 0 Å². The zero-order valence-electron chi connectivity index (χ0n) is 12.1. The number of anilines is 1. The number of hydrogen-bond acceptors (Lipinski definition) is 2. The van der Waals surface area contributed by atoms with Crippen molar-refractivity contribution in [2.75, 3.05) is 11.9 Å². The van der Waals surface area contributed by atoms with Crippen molar-refractivity contribution in [2.24, 2.45) is 0 Å². The van der Waals surface area contributed by atoms with Gasteiger partial charge in [-0.05, 0) is 24.3 Å². The Morgan fingerprint density at radius 2 is 1.62 bits per heavy atom. The number of rotatable bonds is 2. The zero-order valence-corrected chi connectivity index (χ0v) is 12.1. The summed E-state index contributed by atoms with van der Waals surface area (Å²) in [5, 5.41) is 2.62. The van der Waals surface area contributed by atoms with E-state index in [1.807, 2.05) is 0 Å². The van der Waals surface area contributed by atoms with Crippen LogP contribution in [0, 0.1) is 11.6 Å². The number of halogens is 5. The first-order chi connectivity index (χ1) is 11.3. The number of fused-ring (bicyclic) bond motifs is 1. The summed E-state index contributed by atoms with van der Waals surface area (Å²) in [5.41, 5.74) is -0.409. The molecule has 0 bridgehead atoms. The van der Waals surface area contributed by atoms with Gasteiger partial charge >= 0.3 is 6.18 Å². The van der Waals surface area contributed by atoms with Gasteiger partial charge in [-0.15, -0.1) is 0 Å². The fourth-order valence-electron chi connectivity index (χ4n) is 2.65. The van der Waals surface area contributed by atoms with Gasteiger partial charge in [-0.1, -0.05) is 18.2 Å². The highest BCUT2D eigenvalue weighted by molar-refractivity contribution is 6.01. The predicted octanol–water partition coefficient (Wildman–Crippen LogP) is 4.09. The van der Waals surface area contributed by atoms with Gasteiger partial charge in [-0.25, -0.2) is 8.78 Å². The van der Waals surface area contributed by atoms with Crippen molar-refractivity contribution in [2.45, 2.75) is 12.3 Å². The van der Waals surface area contributed by atoms with Crippen LogP contribution in [-0.2, 0) is 0 Å². The summed E-state index contributed by atoms with van der Waals surface area (Å²) in [6.45, 7) is -1.63. The Labute approximate surface area is 133 Å². The fourth-order valence-corrected chi connectivity index (χ4v) is 2.65. The molecule has 0 fully saturated rings. The predicted molar refractivity (Wildman–Crippen MR) is 76.3 cm³/mol. The topological polar surface area (TPSA) is 32.3 Å². The van der Waals surface area contributed by atoms with Crippen LogP contribution in [-0.4, -0.2) is 23.5 Å². The number of benzene rings is 2. The van der Waals surface area contributed by atoms with E-state index < -0.39 is 42.0 Å². The maximum atomic E-state index is 14.0. The molecule has 1 amide bonds. The molecule has 8 heteroatoms. The summed E-state index contributed by atoms with van der Waals surface area (Å²) >= 11 is 0. The Balaban J connectivity index is 2.13. The van der Waals surface area contributed by atoms with Gasteiger partial charge in [-0.2, -0.15) is 13.2 Å². The Hall–Kier alpha value is -2.64. The van der Waals surface area contributed by atoms with Gasteiger partial charge in [0.05, 0.1) is 11.1 Å². The second-order valence-corrected chi connectivity index (χ2v) is 5.28. The fraction of sp³-hybridized carbons (Fsp3) is 0.188. The Morgan fingerprint density at radius 3 is 2.25 bits per heavy atom. The Kier molecular flexibility index (Phi) is 3.90. The molecule has 0 radical (unpaired) electrons. The molecule has 1 heterocycles. The van der Waals surface area contributed by atoms with Crippen molar-refractivity contribution in [3.05, 3.63) is 65.2 Å². The van der Waals surface area contributed by atoms with Crippen LogP contribution in [0.25, 0.3) is 0 Å². The van der Waals surface area contributed by atoms with Gasteiger partial charge in [0.1, 0.15) is 24.3 Å². The summed E-state index contributed by atoms with van der Waals surface area (Å²) in [5.74, 6) is -3.02. The van der Waals surface area contributed by atoms with Crippen molar-refractivity contribution in [1.29, 1.82) is 0 Å². The van der Waals surface area contributed by atoms with Crippen molar-refractivity contribution >= 4 is 11.6 Å². The molecule has 126 valence electrons. The maximum absolute atomic E-state index is 14.0. The van der Waals surface area contributed by atoms with E-state index in [-0.39, 0.29) is 11.3 Å². The van der Waals surface area contributed by atoms with Crippen LogP contribution in [0.1, 0.15) is 22.1 Å². The lowest BCUT2D eigenvalue weighted by molar-refractivity contribution is -0.144. The number of para-hydroxylation sites is 1. The number of amides is 1. The van der Waals surface area contributed by atoms with Gasteiger partial charge in [0.25, 0.3) is 5.91 Å². The molecular formula is C16H11F5N2O. The lowest BCUT2D eigenvalue weighted by Crippen LogP contribution is -2.47. The SMILES string of the molecule is O=C1c2ccccc2N[C@H](c2c(F)cccc2F)N1CC(F)(F)F. The molecule has 0 unspecified atom stereocenters. The molecule has 24 heavy (non-hydrogen) atoms. The second-order valence-electron chi connectivity index (χ2n) is 5.28. The van der Waals surface area contributed by atoms with Gasteiger partial charge in [0.2, 0.25) is 0 Å². The monoisotopic (exact) mass is 342 g/mol. The van der Waals surface area contributed by atoms with E-state index in [1.165, 1.54) is 18.2 Å². The van der Waals surface area contributed by atoms with E-state index in [9.17, 15) is 26.7 Å². The molecule has 1 atom stereocenters. The highest BCUT2D eigenvalue weighted by atomic mass is 19.4. The van der Waals surface area contributed by atoms with Crippen LogP contribution in [0.5, 0.6) is 0 Å². The standard InChI is InChI=1S/C16H11F5N2O/c17-10-5-3-6-11(18)13(10)14-22-12-7-2-1-4-9(12)15(24)23(14)8-16(19,20)21/h1-7,14,22H,8H2/t14-/m0/s1. The largest absolute Gasteiger partial charge is 0.406 e. The lowest BCUT2D eigenvalue weighted by atomic mass is 10.0. The van der Waals surface area contributed by atoms with E-state index in [0.29, 0.717) is 4.90 Å². The minimum atomic E-state index is -4.72. The smallest absolute Gasteiger partial charge is 0.361 e. The van der Waals surface area contributed by atoms with Crippen LogP contribution in [0.4, 0.5) is 27.6 Å². The minimum absolute atomic E-state index is 0.00903. The number of carbonyl (C=O) groups is 1. The molecule has 0 aliphatic carbocycles. The van der Waals surface area contributed by atoms with Crippen LogP contribution in [0.2, 0.25) is 0 Å². The van der Waals surface area contributed by atoms with Gasteiger partial charge < -0.3 is 10.2 Å². The van der Waals surface area contributed by atoms with Crippen LogP contribution in [0.3, 0.4) is 0 Å². The van der Waals surface area contributed by atoms with Crippen molar-refractivity contribution in [1.82, 2.24) is 4.90 Å². The molecule has 0 spiro atoms. The van der Waals surface area contributed by atoms with E-state index in [1.54, 1.807) is 6.07 Å². The van der Waals surface area contributed by atoms with Crippen molar-refractivity contribution in [3.63, 3.8) is 0 Å². The maximum Gasteiger partial charge on any atom is 0.406 e. The summed E-state index contributed by atoms with van der Waals surface area (Å²) in [7, 11) is 0. The van der Waals surface area contributed by atoms with Gasteiger partial charge in [0, 0.05) is 5.69 Å². The molecular weight excluding hydrogens is 331 g/mol. The minimum Gasteiger partial charge on any atom is -0.361 e. The first-order valence-corrected chi connectivity index (χ1v) is 6.95. The summed E-state index contributed by atoms with van der Waals surface area (Å²) in [6.07, 6.45) is -6.32. The number of nitrogens with zero attached hydrogens (tertiary/aromatic N) is 1. The van der Waals surface area contributed by atoms with E-state index in [2.05, 4.69) is 5.32 Å². The highest BCUT2D eigenvalue weighted by Crippen LogP contribution is 2.36. The number of alkyl halides is 3. The molecule has 0 saturated carbocycles. The number of nitrogens with one attached hydrogen (secondary N) is 1. The lowest BCUT2D eigenvalue weighted by Gasteiger charge is -2.38. The molecule has 2 aromatic rings. The molecule has 1 aliphatic heterocycles. The molecule has 0 aromatic heterocycles. The van der Waals surface area contributed by atoms with Gasteiger partial charge in [0.15, 0.2) is 0 Å². The number of carbonyl (C=O) groups excluding carboxylic acids is 1. The van der Waals surface area contributed by atoms with Crippen molar-refractivity contribution in [3.8, 4) is 0 Å². The first-order valence-electron chi connectivity index (χ1n) is 6.95. The molecule has 1 aliphatic rings. The quantitative estimate of drug-likeness (QED) is 0.834. The Bertz CT molecular complexity index is 770. The molecule has 2 aromatic carbocycles. The molecule has 0 saturated heterocycles. The molecule has 1 N–H and O–H groups in total. The van der Waals surface area contributed by atoms with Gasteiger partial charge in [-0.3, -0.25) is 4.79 Å². The third-order valence-electron chi connectivity index (χ3n) is 3.65. The first kappa shape index (κ1) is 16.2. The summed E-state index contributed by atoms with van der Waals surface area (Å²) in [4.78, 5) is 12.8. The van der Waals surface area contributed by atoms with E-state index in [4.69, 9.17) is 0 Å². The third kappa shape index (κ3) is 2.91. The zero-order chi connectivity index (χ0) is 17.5. The second kappa shape index (κ2) is 5.77. The molecule has 3 nitrogen and oxygen atoms in total. The summed E-state index contributed by atoms with van der Waals surface area (Å²) < 4.78 is 66.7. The normalized spacial score (nSPS) is 17.5. The Morgan fingerprint density at radius 1 is 1.00 bits per heavy atom. The van der Waals surface area contributed by atoms with Crippen LogP contribution in [0.15, 0.2) is 42.5 Å². The molecule has 3 rings (SSSR count). The van der Waals surface area contributed by atoms with E-state index in [0.717, 1.165) is 18.2 Å². The third-order valence-corrected chi connectivity index (χ3v) is 3.65. The highest BCUT2D eigenvalue weighted by Gasteiger charge is 2.42. The summed E-state index contributed by atoms with van der Waals surface area (Å²) in [6, 6.07) is 8.82. The van der Waals surface area contributed by atoms with Crippen LogP contribution >= 0.6 is 0 Å². The van der Waals surface area contributed by atoms with Crippen LogP contribution < -0.4 is 5.32 Å². The number of hydrogen-bond donors (Lipinski definition) is 1.